The van der Waals surface area contributed by atoms with Gasteiger partial charge in [-0.25, -0.2) is 0 Å². The van der Waals surface area contributed by atoms with Crippen LogP contribution >= 0.6 is 11.6 Å². The molecule has 1 saturated carbocycles. The first-order chi connectivity index (χ1) is 13.6. The van der Waals surface area contributed by atoms with Crippen LogP contribution in [-0.4, -0.2) is 34.9 Å². The summed E-state index contributed by atoms with van der Waals surface area (Å²) in [4.78, 5) is 15.2. The van der Waals surface area contributed by atoms with Crippen molar-refractivity contribution < 1.29 is 9.90 Å². The zero-order chi connectivity index (χ0) is 19.7. The molecule has 2 aliphatic rings. The maximum absolute atomic E-state index is 13.5. The number of halogens is 1. The average Bonchev–Trinajstić information content (AvgIpc) is 3.51. The largest absolute Gasteiger partial charge is 0.396 e. The van der Waals surface area contributed by atoms with Crippen molar-refractivity contribution in [2.75, 3.05) is 13.2 Å². The van der Waals surface area contributed by atoms with E-state index in [-0.39, 0.29) is 12.5 Å². The van der Waals surface area contributed by atoms with Crippen LogP contribution in [0.4, 0.5) is 0 Å². The van der Waals surface area contributed by atoms with Crippen LogP contribution in [0.1, 0.15) is 37.7 Å². The van der Waals surface area contributed by atoms with E-state index in [9.17, 15) is 4.79 Å². The molecule has 0 aromatic heterocycles. The third-order valence-electron chi connectivity index (χ3n) is 6.00. The number of amidine groups is 1. The second kappa shape index (κ2) is 7.69. The highest BCUT2D eigenvalue weighted by Crippen LogP contribution is 2.54. The van der Waals surface area contributed by atoms with Gasteiger partial charge in [0.15, 0.2) is 0 Å². The summed E-state index contributed by atoms with van der Waals surface area (Å²) in [5.41, 5.74) is 2.45. The Bertz CT molecular complexity index is 909. The number of amides is 1. The molecular formula is C23H25ClN2O2. The van der Waals surface area contributed by atoms with Crippen molar-refractivity contribution in [3.8, 4) is 11.1 Å². The quantitative estimate of drug-likeness (QED) is 0.670. The summed E-state index contributed by atoms with van der Waals surface area (Å²) >= 11 is 6.16. The van der Waals surface area contributed by atoms with E-state index in [1.807, 2.05) is 42.5 Å². The number of rotatable bonds is 7. The molecule has 1 saturated heterocycles. The van der Waals surface area contributed by atoms with Crippen molar-refractivity contribution in [1.82, 2.24) is 4.90 Å². The van der Waals surface area contributed by atoms with E-state index < -0.39 is 5.41 Å². The molecule has 146 valence electrons. The van der Waals surface area contributed by atoms with Gasteiger partial charge in [0.2, 0.25) is 5.91 Å². The Morgan fingerprint density at radius 1 is 1.11 bits per heavy atom. The Kier molecular flexibility index (Phi) is 5.26. The predicted octanol–water partition coefficient (Wildman–Crippen LogP) is 4.64. The Morgan fingerprint density at radius 3 is 2.50 bits per heavy atom. The van der Waals surface area contributed by atoms with E-state index in [0.717, 1.165) is 29.5 Å². The van der Waals surface area contributed by atoms with E-state index in [2.05, 4.69) is 6.07 Å². The average molecular weight is 397 g/mol. The molecular weight excluding hydrogens is 372 g/mol. The van der Waals surface area contributed by atoms with Gasteiger partial charge in [-0.15, -0.1) is 0 Å². The molecule has 0 bridgehead atoms. The van der Waals surface area contributed by atoms with Crippen molar-refractivity contribution in [3.63, 3.8) is 0 Å². The highest BCUT2D eigenvalue weighted by Gasteiger charge is 2.58. The van der Waals surface area contributed by atoms with Gasteiger partial charge in [0.25, 0.3) is 0 Å². The van der Waals surface area contributed by atoms with Crippen molar-refractivity contribution >= 4 is 23.3 Å². The Labute approximate surface area is 170 Å². The lowest BCUT2D eigenvalue weighted by atomic mass is 9.74. The highest BCUT2D eigenvalue weighted by molar-refractivity contribution is 6.30. The number of aliphatic hydroxyl groups excluding tert-OH is 1. The van der Waals surface area contributed by atoms with Gasteiger partial charge in [-0.1, -0.05) is 48.0 Å². The number of nitrogens with zero attached hydrogens (tertiary/aromatic N) is 1. The molecule has 28 heavy (non-hydrogen) atoms. The molecule has 5 heteroatoms. The number of unbranched alkanes of at least 4 members (excludes halogenated alkanes) is 1. The molecule has 1 unspecified atom stereocenters. The maximum Gasteiger partial charge on any atom is 0.239 e. The standard InChI is InChI=1S/C23H25ClN2O2/c24-20-8-4-6-17(14-20)16-5-3-7-19(13-16)23(18-9-10-18)15-21(25)26(22(23)28)11-1-2-12-27/h3-8,13-14,18,25,27H,1-2,9-12,15H2. The molecule has 2 fully saturated rings. The minimum absolute atomic E-state index is 0.0567. The molecule has 1 amide bonds. The molecule has 1 aliphatic heterocycles. The second-order valence-corrected chi connectivity index (χ2v) is 8.28. The zero-order valence-corrected chi connectivity index (χ0v) is 16.6. The lowest BCUT2D eigenvalue weighted by Crippen LogP contribution is -2.40. The smallest absolute Gasteiger partial charge is 0.239 e. The van der Waals surface area contributed by atoms with Crippen LogP contribution in [-0.2, 0) is 10.2 Å². The van der Waals surface area contributed by atoms with Gasteiger partial charge in [0.1, 0.15) is 5.84 Å². The van der Waals surface area contributed by atoms with E-state index in [0.29, 0.717) is 42.6 Å². The Morgan fingerprint density at radius 2 is 1.82 bits per heavy atom. The van der Waals surface area contributed by atoms with Crippen LogP contribution in [0.25, 0.3) is 11.1 Å². The first-order valence-corrected chi connectivity index (χ1v) is 10.3. The van der Waals surface area contributed by atoms with Gasteiger partial charge in [-0.3, -0.25) is 15.1 Å². The molecule has 1 atom stereocenters. The fourth-order valence-corrected chi connectivity index (χ4v) is 4.61. The summed E-state index contributed by atoms with van der Waals surface area (Å²) in [5, 5.41) is 18.2. The highest BCUT2D eigenvalue weighted by atomic mass is 35.5. The Balaban J connectivity index is 1.70. The molecule has 2 aromatic rings. The van der Waals surface area contributed by atoms with Crippen molar-refractivity contribution in [3.05, 3.63) is 59.1 Å². The number of hydrogen-bond acceptors (Lipinski definition) is 3. The minimum Gasteiger partial charge on any atom is -0.396 e. The molecule has 4 rings (SSSR count). The van der Waals surface area contributed by atoms with Gasteiger partial charge >= 0.3 is 0 Å². The number of hydrogen-bond donors (Lipinski definition) is 2. The van der Waals surface area contributed by atoms with Gasteiger partial charge in [-0.05, 0) is 60.4 Å². The van der Waals surface area contributed by atoms with Crippen LogP contribution < -0.4 is 0 Å². The molecule has 1 heterocycles. The summed E-state index contributed by atoms with van der Waals surface area (Å²) in [6.45, 7) is 0.630. The van der Waals surface area contributed by atoms with Crippen LogP contribution in [0.3, 0.4) is 0 Å². The van der Waals surface area contributed by atoms with Gasteiger partial charge in [0.05, 0.1) is 5.41 Å². The fraction of sp³-hybridized carbons (Fsp3) is 0.391. The summed E-state index contributed by atoms with van der Waals surface area (Å²) in [6, 6.07) is 15.9. The molecule has 4 nitrogen and oxygen atoms in total. The van der Waals surface area contributed by atoms with Gasteiger partial charge in [0, 0.05) is 24.6 Å². The normalized spacial score (nSPS) is 22.1. The van der Waals surface area contributed by atoms with Crippen LogP contribution in [0, 0.1) is 11.3 Å². The molecule has 2 N–H and O–H groups in total. The van der Waals surface area contributed by atoms with E-state index in [1.54, 1.807) is 4.90 Å². The van der Waals surface area contributed by atoms with Gasteiger partial charge in [-0.2, -0.15) is 0 Å². The maximum atomic E-state index is 13.5. The first-order valence-electron chi connectivity index (χ1n) is 9.93. The van der Waals surface area contributed by atoms with Crippen LogP contribution in [0.2, 0.25) is 5.02 Å². The topological polar surface area (TPSA) is 64.4 Å². The van der Waals surface area contributed by atoms with Crippen molar-refractivity contribution in [1.29, 1.82) is 5.41 Å². The predicted molar refractivity (Wildman–Crippen MR) is 112 cm³/mol. The number of aliphatic hydroxyl groups is 1. The number of likely N-dealkylation sites (tertiary alicyclic amines) is 1. The first kappa shape index (κ1) is 19.2. The Hall–Kier alpha value is -2.17. The number of carbonyl (C=O) groups excluding carboxylic acids is 1. The fourth-order valence-electron chi connectivity index (χ4n) is 4.42. The molecule has 0 spiro atoms. The van der Waals surface area contributed by atoms with E-state index in [4.69, 9.17) is 22.1 Å². The third kappa shape index (κ3) is 3.36. The molecule has 1 aliphatic carbocycles. The lowest BCUT2D eigenvalue weighted by molar-refractivity contribution is -0.131. The number of benzene rings is 2. The van der Waals surface area contributed by atoms with Crippen molar-refractivity contribution in [2.45, 2.75) is 37.5 Å². The van der Waals surface area contributed by atoms with E-state index in [1.165, 1.54) is 0 Å². The number of nitrogens with one attached hydrogen (secondary N) is 1. The van der Waals surface area contributed by atoms with Crippen molar-refractivity contribution in [2.24, 2.45) is 5.92 Å². The van der Waals surface area contributed by atoms with Crippen LogP contribution in [0.5, 0.6) is 0 Å². The SMILES string of the molecule is N=C1CC(c2cccc(-c3cccc(Cl)c3)c2)(C2CC2)C(=O)N1CCCCO. The summed E-state index contributed by atoms with van der Waals surface area (Å²) in [7, 11) is 0. The minimum atomic E-state index is -0.620. The summed E-state index contributed by atoms with van der Waals surface area (Å²) in [5.74, 6) is 0.766. The second-order valence-electron chi connectivity index (χ2n) is 7.85. The lowest BCUT2D eigenvalue weighted by Gasteiger charge is -2.28. The molecule has 0 radical (unpaired) electrons. The van der Waals surface area contributed by atoms with E-state index >= 15 is 0 Å². The van der Waals surface area contributed by atoms with Gasteiger partial charge < -0.3 is 5.11 Å². The summed E-state index contributed by atoms with van der Waals surface area (Å²) < 4.78 is 0. The number of carbonyl (C=O) groups is 1. The third-order valence-corrected chi connectivity index (χ3v) is 6.23. The monoisotopic (exact) mass is 396 g/mol. The van der Waals surface area contributed by atoms with Crippen LogP contribution in [0.15, 0.2) is 48.5 Å². The summed E-state index contributed by atoms with van der Waals surface area (Å²) in [6.07, 6.45) is 3.90. The molecule has 2 aromatic carbocycles. The zero-order valence-electron chi connectivity index (χ0n) is 15.8.